The Morgan fingerprint density at radius 2 is 2.04 bits per heavy atom. The van der Waals surface area contributed by atoms with Crippen LogP contribution < -0.4 is 4.90 Å². The summed E-state index contributed by atoms with van der Waals surface area (Å²) in [6.07, 6.45) is 2.17. The molecule has 1 N–H and O–H groups in total. The van der Waals surface area contributed by atoms with E-state index in [-0.39, 0.29) is 5.56 Å². The van der Waals surface area contributed by atoms with Crippen LogP contribution in [0, 0.1) is 5.92 Å². The molecule has 1 aliphatic heterocycles. The second kappa shape index (κ2) is 9.01. The third-order valence-corrected chi connectivity index (χ3v) is 5.14. The van der Waals surface area contributed by atoms with Crippen LogP contribution in [0.2, 0.25) is 0 Å². The second-order valence-corrected chi connectivity index (χ2v) is 7.04. The van der Waals surface area contributed by atoms with Crippen LogP contribution >= 0.6 is 0 Å². The SMILES string of the molecule is COCCN1CCC(CN(C)c2noc(-c3ccccc3)c2C(=O)O)CC1. The van der Waals surface area contributed by atoms with Crippen LogP contribution in [0.1, 0.15) is 23.2 Å². The Morgan fingerprint density at radius 3 is 2.67 bits per heavy atom. The molecule has 1 aromatic heterocycles. The third kappa shape index (κ3) is 4.67. The predicted octanol–water partition coefficient (Wildman–Crippen LogP) is 2.83. The minimum Gasteiger partial charge on any atom is -0.477 e. The standard InChI is InChI=1S/C20H27N3O4/c1-22(14-15-8-10-23(11-9-15)12-13-26-2)19-17(20(24)25)18(27-21-19)16-6-4-3-5-7-16/h3-7,15H,8-14H2,1-2H3,(H,24,25). The average Bonchev–Trinajstić information content (AvgIpc) is 3.14. The van der Waals surface area contributed by atoms with Gasteiger partial charge in [-0.1, -0.05) is 35.5 Å². The number of carboxylic acid groups (broad SMARTS) is 1. The van der Waals surface area contributed by atoms with Crippen LogP contribution in [0.25, 0.3) is 11.3 Å². The molecule has 27 heavy (non-hydrogen) atoms. The van der Waals surface area contributed by atoms with Gasteiger partial charge in [0, 0.05) is 32.8 Å². The minimum atomic E-state index is -1.02. The van der Waals surface area contributed by atoms with Crippen molar-refractivity contribution in [1.82, 2.24) is 10.1 Å². The number of hydrogen-bond donors (Lipinski definition) is 1. The van der Waals surface area contributed by atoms with Crippen molar-refractivity contribution in [3.8, 4) is 11.3 Å². The monoisotopic (exact) mass is 373 g/mol. The maximum Gasteiger partial charge on any atom is 0.343 e. The first-order valence-corrected chi connectivity index (χ1v) is 9.31. The van der Waals surface area contributed by atoms with Crippen molar-refractivity contribution >= 4 is 11.8 Å². The lowest BCUT2D eigenvalue weighted by atomic mass is 9.96. The number of carbonyl (C=O) groups is 1. The van der Waals surface area contributed by atoms with E-state index in [1.807, 2.05) is 42.3 Å². The highest BCUT2D eigenvalue weighted by Crippen LogP contribution is 2.31. The average molecular weight is 373 g/mol. The molecule has 1 aromatic carbocycles. The number of methoxy groups -OCH3 is 1. The summed E-state index contributed by atoms with van der Waals surface area (Å²) < 4.78 is 10.6. The van der Waals surface area contributed by atoms with Crippen molar-refractivity contribution in [2.75, 3.05) is 51.8 Å². The van der Waals surface area contributed by atoms with Gasteiger partial charge in [-0.2, -0.15) is 0 Å². The first kappa shape index (κ1) is 19.4. The zero-order chi connectivity index (χ0) is 19.2. The van der Waals surface area contributed by atoms with E-state index in [1.165, 1.54) is 0 Å². The lowest BCUT2D eigenvalue weighted by Crippen LogP contribution is -2.39. The fourth-order valence-corrected chi connectivity index (χ4v) is 3.61. The summed E-state index contributed by atoms with van der Waals surface area (Å²) in [6.45, 7) is 4.57. The number of carboxylic acids is 1. The molecule has 0 spiro atoms. The molecule has 2 aromatic rings. The second-order valence-electron chi connectivity index (χ2n) is 7.04. The molecule has 0 unspecified atom stereocenters. The van der Waals surface area contributed by atoms with Crippen LogP contribution in [0.4, 0.5) is 5.82 Å². The molecule has 3 rings (SSSR count). The molecule has 0 radical (unpaired) electrons. The van der Waals surface area contributed by atoms with Crippen molar-refractivity contribution in [3.05, 3.63) is 35.9 Å². The number of nitrogens with zero attached hydrogens (tertiary/aromatic N) is 3. The molecule has 0 saturated carbocycles. The van der Waals surface area contributed by atoms with E-state index in [9.17, 15) is 9.90 Å². The molecular formula is C20H27N3O4. The van der Waals surface area contributed by atoms with E-state index in [4.69, 9.17) is 9.26 Å². The molecule has 1 fully saturated rings. The van der Waals surface area contributed by atoms with Gasteiger partial charge >= 0.3 is 5.97 Å². The fraction of sp³-hybridized carbons (Fsp3) is 0.500. The lowest BCUT2D eigenvalue weighted by molar-refractivity contribution is 0.0697. The van der Waals surface area contributed by atoms with Gasteiger partial charge in [-0.3, -0.25) is 0 Å². The number of anilines is 1. The Hall–Kier alpha value is -2.38. The van der Waals surface area contributed by atoms with Crippen LogP contribution in [-0.2, 0) is 4.74 Å². The highest BCUT2D eigenvalue weighted by molar-refractivity contribution is 5.99. The van der Waals surface area contributed by atoms with E-state index >= 15 is 0 Å². The Kier molecular flexibility index (Phi) is 6.47. The van der Waals surface area contributed by atoms with Crippen molar-refractivity contribution in [2.24, 2.45) is 5.92 Å². The fourth-order valence-electron chi connectivity index (χ4n) is 3.61. The smallest absolute Gasteiger partial charge is 0.343 e. The molecular weight excluding hydrogens is 346 g/mol. The zero-order valence-corrected chi connectivity index (χ0v) is 15.9. The van der Waals surface area contributed by atoms with Gasteiger partial charge in [-0.25, -0.2) is 4.79 Å². The maximum atomic E-state index is 11.9. The summed E-state index contributed by atoms with van der Waals surface area (Å²) in [5, 5.41) is 13.8. The van der Waals surface area contributed by atoms with E-state index in [0.717, 1.165) is 45.6 Å². The summed E-state index contributed by atoms with van der Waals surface area (Å²) in [6, 6.07) is 9.24. The summed E-state index contributed by atoms with van der Waals surface area (Å²) in [7, 11) is 3.61. The first-order valence-electron chi connectivity index (χ1n) is 9.31. The number of likely N-dealkylation sites (tertiary alicyclic amines) is 1. The van der Waals surface area contributed by atoms with Gasteiger partial charge in [-0.15, -0.1) is 0 Å². The Bertz CT molecular complexity index is 739. The molecule has 1 saturated heterocycles. The Labute approximate surface area is 159 Å². The van der Waals surface area contributed by atoms with Crippen LogP contribution in [-0.4, -0.2) is 68.1 Å². The van der Waals surface area contributed by atoms with E-state index in [0.29, 0.717) is 23.1 Å². The molecule has 0 atom stereocenters. The number of ether oxygens (including phenoxy) is 1. The number of aromatic carboxylic acids is 1. The summed E-state index contributed by atoms with van der Waals surface area (Å²) in [5.41, 5.74) is 0.842. The minimum absolute atomic E-state index is 0.126. The molecule has 146 valence electrons. The maximum absolute atomic E-state index is 11.9. The molecule has 0 aliphatic carbocycles. The Balaban J connectivity index is 1.68. The summed E-state index contributed by atoms with van der Waals surface area (Å²) >= 11 is 0. The van der Waals surface area contributed by atoms with E-state index in [2.05, 4.69) is 10.1 Å². The van der Waals surface area contributed by atoms with Crippen LogP contribution in [0.15, 0.2) is 34.9 Å². The molecule has 7 nitrogen and oxygen atoms in total. The van der Waals surface area contributed by atoms with Crippen molar-refractivity contribution < 1.29 is 19.2 Å². The van der Waals surface area contributed by atoms with Gasteiger partial charge < -0.3 is 24.2 Å². The summed E-state index contributed by atoms with van der Waals surface area (Å²) in [5.74, 6) is 0.182. The topological polar surface area (TPSA) is 79.0 Å². The van der Waals surface area contributed by atoms with Crippen molar-refractivity contribution in [3.63, 3.8) is 0 Å². The van der Waals surface area contributed by atoms with E-state index in [1.54, 1.807) is 7.11 Å². The Morgan fingerprint density at radius 1 is 1.33 bits per heavy atom. The molecule has 1 aliphatic rings. The normalized spacial score (nSPS) is 15.8. The van der Waals surface area contributed by atoms with Gasteiger partial charge in [0.25, 0.3) is 0 Å². The van der Waals surface area contributed by atoms with E-state index < -0.39 is 5.97 Å². The summed E-state index contributed by atoms with van der Waals surface area (Å²) in [4.78, 5) is 16.2. The number of rotatable bonds is 8. The van der Waals surface area contributed by atoms with Crippen molar-refractivity contribution in [1.29, 1.82) is 0 Å². The quantitative estimate of drug-likeness (QED) is 0.762. The first-order chi connectivity index (χ1) is 13.1. The molecule has 0 bridgehead atoms. The largest absolute Gasteiger partial charge is 0.477 e. The third-order valence-electron chi connectivity index (χ3n) is 5.14. The lowest BCUT2D eigenvalue weighted by Gasteiger charge is -2.33. The van der Waals surface area contributed by atoms with Crippen LogP contribution in [0.3, 0.4) is 0 Å². The highest BCUT2D eigenvalue weighted by atomic mass is 16.5. The van der Waals surface area contributed by atoms with Gasteiger partial charge in [0.2, 0.25) is 0 Å². The van der Waals surface area contributed by atoms with Gasteiger partial charge in [0.1, 0.15) is 0 Å². The number of benzene rings is 1. The van der Waals surface area contributed by atoms with Gasteiger partial charge in [0.05, 0.1) is 6.61 Å². The number of piperidine rings is 1. The predicted molar refractivity (Wildman–Crippen MR) is 103 cm³/mol. The number of aromatic nitrogens is 1. The number of hydrogen-bond acceptors (Lipinski definition) is 6. The van der Waals surface area contributed by atoms with Crippen LogP contribution in [0.5, 0.6) is 0 Å². The van der Waals surface area contributed by atoms with Crippen molar-refractivity contribution in [2.45, 2.75) is 12.8 Å². The molecule has 2 heterocycles. The highest BCUT2D eigenvalue weighted by Gasteiger charge is 2.28. The molecule has 0 amide bonds. The zero-order valence-electron chi connectivity index (χ0n) is 15.9. The molecule has 7 heteroatoms. The van der Waals surface area contributed by atoms with Gasteiger partial charge in [0.15, 0.2) is 17.1 Å². The van der Waals surface area contributed by atoms with Gasteiger partial charge in [-0.05, 0) is 31.8 Å².